The zero-order chi connectivity index (χ0) is 12.6. The zero-order valence-corrected chi connectivity index (χ0v) is 10.5. The molecule has 4 nitrogen and oxygen atoms in total. The van der Waals surface area contributed by atoms with Crippen molar-refractivity contribution in [2.24, 2.45) is 10.7 Å². The third kappa shape index (κ3) is 2.28. The fourth-order valence-electron chi connectivity index (χ4n) is 1.43. The van der Waals surface area contributed by atoms with E-state index in [0.717, 1.165) is 0 Å². The van der Waals surface area contributed by atoms with Crippen LogP contribution in [0, 0.1) is 0 Å². The van der Waals surface area contributed by atoms with Crippen molar-refractivity contribution >= 4 is 41.1 Å². The summed E-state index contributed by atoms with van der Waals surface area (Å²) < 4.78 is 0. The fourth-order valence-corrected chi connectivity index (χ4v) is 1.89. The summed E-state index contributed by atoms with van der Waals surface area (Å²) in [6, 6.07) is 5.04. The molecule has 1 amide bonds. The van der Waals surface area contributed by atoms with Gasteiger partial charge in [0.2, 0.25) is 5.96 Å². The molecule has 0 aliphatic carbocycles. The van der Waals surface area contributed by atoms with Crippen LogP contribution >= 0.6 is 23.2 Å². The summed E-state index contributed by atoms with van der Waals surface area (Å²) in [5.74, 6) is -0.206. The molecule has 0 saturated heterocycles. The highest BCUT2D eigenvalue weighted by molar-refractivity contribution is 6.35. The Morgan fingerprint density at radius 3 is 2.65 bits per heavy atom. The van der Waals surface area contributed by atoms with Gasteiger partial charge in [-0.3, -0.25) is 4.79 Å². The molecule has 0 unspecified atom stereocenters. The van der Waals surface area contributed by atoms with Crippen molar-refractivity contribution in [1.82, 2.24) is 4.90 Å². The molecular formula is C11H9Cl2N3O. The number of guanidine groups is 1. The quantitative estimate of drug-likeness (QED) is 0.795. The molecule has 2 rings (SSSR count). The van der Waals surface area contributed by atoms with Gasteiger partial charge in [0.1, 0.15) is 5.70 Å². The number of rotatable bonds is 1. The maximum Gasteiger partial charge on any atom is 0.296 e. The first-order valence-electron chi connectivity index (χ1n) is 4.78. The SMILES string of the molecule is CN1C(=Cc2ccc(Cl)cc2Cl)C(=O)N=C1N. The molecule has 2 N–H and O–H groups in total. The lowest BCUT2D eigenvalue weighted by Crippen LogP contribution is -2.28. The summed E-state index contributed by atoms with van der Waals surface area (Å²) in [4.78, 5) is 16.7. The van der Waals surface area contributed by atoms with Crippen LogP contribution in [0.25, 0.3) is 6.08 Å². The van der Waals surface area contributed by atoms with Gasteiger partial charge < -0.3 is 10.6 Å². The number of halogens is 2. The summed E-state index contributed by atoms with van der Waals surface area (Å²) in [5, 5.41) is 1.01. The number of amides is 1. The van der Waals surface area contributed by atoms with E-state index in [-0.39, 0.29) is 11.9 Å². The Bertz CT molecular complexity index is 552. The number of aliphatic imine (C=N–C) groups is 1. The van der Waals surface area contributed by atoms with Crippen molar-refractivity contribution in [1.29, 1.82) is 0 Å². The third-order valence-corrected chi connectivity index (χ3v) is 2.96. The zero-order valence-electron chi connectivity index (χ0n) is 8.95. The molecule has 0 spiro atoms. The highest BCUT2D eigenvalue weighted by Gasteiger charge is 2.24. The van der Waals surface area contributed by atoms with E-state index in [9.17, 15) is 4.79 Å². The summed E-state index contributed by atoms with van der Waals surface area (Å²) in [7, 11) is 1.67. The molecule has 1 aliphatic heterocycles. The largest absolute Gasteiger partial charge is 0.369 e. The van der Waals surface area contributed by atoms with E-state index in [0.29, 0.717) is 21.3 Å². The monoisotopic (exact) mass is 269 g/mol. The predicted octanol–water partition coefficient (Wildman–Crippen LogP) is 2.12. The molecule has 1 aliphatic rings. The molecule has 0 atom stereocenters. The molecule has 0 saturated carbocycles. The lowest BCUT2D eigenvalue weighted by Gasteiger charge is -2.11. The van der Waals surface area contributed by atoms with Crippen molar-refractivity contribution in [3.8, 4) is 0 Å². The second-order valence-electron chi connectivity index (χ2n) is 3.53. The number of benzene rings is 1. The van der Waals surface area contributed by atoms with Gasteiger partial charge in [0.25, 0.3) is 5.91 Å². The molecule has 88 valence electrons. The average molecular weight is 270 g/mol. The van der Waals surface area contributed by atoms with Crippen LogP contribution in [-0.2, 0) is 4.79 Å². The Hall–Kier alpha value is -1.52. The molecule has 0 radical (unpaired) electrons. The van der Waals surface area contributed by atoms with Crippen molar-refractivity contribution in [2.75, 3.05) is 7.05 Å². The summed E-state index contributed by atoms with van der Waals surface area (Å²) in [6.07, 6.45) is 1.63. The summed E-state index contributed by atoms with van der Waals surface area (Å²) in [6.45, 7) is 0. The van der Waals surface area contributed by atoms with Gasteiger partial charge in [-0.2, -0.15) is 4.99 Å². The van der Waals surface area contributed by atoms with Crippen molar-refractivity contribution in [2.45, 2.75) is 0 Å². The molecule has 0 aromatic heterocycles. The highest BCUT2D eigenvalue weighted by Crippen LogP contribution is 2.25. The number of hydrogen-bond donors (Lipinski definition) is 1. The van der Waals surface area contributed by atoms with Crippen LogP contribution in [0.15, 0.2) is 28.9 Å². The number of nitrogens with two attached hydrogens (primary N) is 1. The maximum absolute atomic E-state index is 11.5. The van der Waals surface area contributed by atoms with Gasteiger partial charge in [-0.15, -0.1) is 0 Å². The van der Waals surface area contributed by atoms with Crippen LogP contribution in [0.1, 0.15) is 5.56 Å². The Morgan fingerprint density at radius 1 is 1.41 bits per heavy atom. The number of nitrogens with zero attached hydrogens (tertiary/aromatic N) is 2. The number of carbonyl (C=O) groups is 1. The third-order valence-electron chi connectivity index (χ3n) is 2.39. The Labute approximate surface area is 108 Å². The molecule has 6 heteroatoms. The van der Waals surface area contributed by atoms with E-state index in [4.69, 9.17) is 28.9 Å². The van der Waals surface area contributed by atoms with Crippen molar-refractivity contribution in [3.63, 3.8) is 0 Å². The smallest absolute Gasteiger partial charge is 0.296 e. The van der Waals surface area contributed by atoms with Crippen molar-refractivity contribution < 1.29 is 4.79 Å². The summed E-state index contributed by atoms with van der Waals surface area (Å²) in [5.41, 5.74) is 6.61. The first kappa shape index (κ1) is 12.0. The lowest BCUT2D eigenvalue weighted by atomic mass is 10.2. The highest BCUT2D eigenvalue weighted by atomic mass is 35.5. The van der Waals surface area contributed by atoms with E-state index in [1.807, 2.05) is 0 Å². The predicted molar refractivity (Wildman–Crippen MR) is 68.8 cm³/mol. The van der Waals surface area contributed by atoms with E-state index >= 15 is 0 Å². The normalized spacial score (nSPS) is 17.8. The van der Waals surface area contributed by atoms with Gasteiger partial charge in [-0.05, 0) is 23.8 Å². The number of hydrogen-bond acceptors (Lipinski definition) is 3. The molecule has 1 aromatic rings. The number of likely N-dealkylation sites (N-methyl/N-ethyl adjacent to an activating group) is 1. The first-order chi connectivity index (χ1) is 7.99. The summed E-state index contributed by atoms with van der Waals surface area (Å²) >= 11 is 11.8. The Balaban J connectivity index is 2.41. The fraction of sp³-hybridized carbons (Fsp3) is 0.0909. The van der Waals surface area contributed by atoms with Crippen LogP contribution in [0.2, 0.25) is 10.0 Å². The molecule has 1 heterocycles. The van der Waals surface area contributed by atoms with Gasteiger partial charge in [-0.25, -0.2) is 0 Å². The van der Waals surface area contributed by atoms with Crippen LogP contribution in [0.5, 0.6) is 0 Å². The Morgan fingerprint density at radius 2 is 2.12 bits per heavy atom. The molecule has 1 aromatic carbocycles. The average Bonchev–Trinajstić information content (AvgIpc) is 2.48. The van der Waals surface area contributed by atoms with E-state index in [2.05, 4.69) is 4.99 Å². The van der Waals surface area contributed by atoms with E-state index < -0.39 is 0 Å². The molecular weight excluding hydrogens is 261 g/mol. The van der Waals surface area contributed by atoms with Crippen molar-refractivity contribution in [3.05, 3.63) is 39.5 Å². The van der Waals surface area contributed by atoms with Gasteiger partial charge in [0.05, 0.1) is 0 Å². The van der Waals surface area contributed by atoms with E-state index in [1.165, 1.54) is 4.90 Å². The van der Waals surface area contributed by atoms with Crippen LogP contribution in [0.4, 0.5) is 0 Å². The second-order valence-corrected chi connectivity index (χ2v) is 4.37. The first-order valence-corrected chi connectivity index (χ1v) is 5.53. The number of carbonyl (C=O) groups excluding carboxylic acids is 1. The lowest BCUT2D eigenvalue weighted by molar-refractivity contribution is -0.114. The Kier molecular flexibility index (Phi) is 3.09. The standard InChI is InChI=1S/C11H9Cl2N3O/c1-16-9(10(17)15-11(16)14)4-6-2-3-7(12)5-8(6)13/h2-5H,1H3,(H2,14,15,17). The molecule has 0 bridgehead atoms. The van der Waals surface area contributed by atoms with E-state index in [1.54, 1.807) is 31.3 Å². The van der Waals surface area contributed by atoms with Gasteiger partial charge in [-0.1, -0.05) is 29.3 Å². The van der Waals surface area contributed by atoms with Crippen LogP contribution in [0.3, 0.4) is 0 Å². The molecule has 0 fully saturated rings. The minimum absolute atomic E-state index is 0.173. The van der Waals surface area contributed by atoms with Crippen LogP contribution in [-0.4, -0.2) is 23.8 Å². The molecule has 17 heavy (non-hydrogen) atoms. The minimum atomic E-state index is -0.379. The minimum Gasteiger partial charge on any atom is -0.369 e. The second kappa shape index (κ2) is 4.39. The van der Waals surface area contributed by atoms with Crippen LogP contribution < -0.4 is 5.73 Å². The topological polar surface area (TPSA) is 58.7 Å². The van der Waals surface area contributed by atoms with Gasteiger partial charge >= 0.3 is 0 Å². The van der Waals surface area contributed by atoms with Gasteiger partial charge in [0, 0.05) is 17.1 Å². The maximum atomic E-state index is 11.5. The van der Waals surface area contributed by atoms with Gasteiger partial charge in [0.15, 0.2) is 0 Å².